The zero-order valence-corrected chi connectivity index (χ0v) is 12.2. The van der Waals surface area contributed by atoms with Crippen LogP contribution in [0.15, 0.2) is 18.2 Å². The first-order valence-corrected chi connectivity index (χ1v) is 6.71. The van der Waals surface area contributed by atoms with Crippen LogP contribution in [0.25, 0.3) is 0 Å². The Bertz CT molecular complexity index is 512. The van der Waals surface area contributed by atoms with E-state index in [0.29, 0.717) is 0 Å². The van der Waals surface area contributed by atoms with Crippen LogP contribution in [0.3, 0.4) is 0 Å². The number of hydrogen-bond acceptors (Lipinski definition) is 3. The van der Waals surface area contributed by atoms with E-state index in [-0.39, 0.29) is 25.2 Å². The van der Waals surface area contributed by atoms with E-state index in [9.17, 15) is 4.79 Å². The van der Waals surface area contributed by atoms with Crippen LogP contribution in [0.2, 0.25) is 0 Å². The van der Waals surface area contributed by atoms with E-state index >= 15 is 0 Å². The highest BCUT2D eigenvalue weighted by Gasteiger charge is 2.07. The molecule has 1 amide bonds. The van der Waals surface area contributed by atoms with Gasteiger partial charge in [-0.25, -0.2) is 0 Å². The first kappa shape index (κ1) is 16.2. The Labute approximate surface area is 120 Å². The molecule has 0 radical (unpaired) electrons. The number of ether oxygens (including phenoxy) is 1. The third kappa shape index (κ3) is 5.43. The lowest BCUT2D eigenvalue weighted by molar-refractivity contribution is -0.121. The maximum Gasteiger partial charge on any atom is 0.250 e. The van der Waals surface area contributed by atoms with Gasteiger partial charge in [0.15, 0.2) is 0 Å². The second kappa shape index (κ2) is 8.36. The van der Waals surface area contributed by atoms with Gasteiger partial charge in [0.25, 0.3) is 0 Å². The summed E-state index contributed by atoms with van der Waals surface area (Å²) in [6.07, 6.45) is 0.817. The average Bonchev–Trinajstić information content (AvgIpc) is 2.44. The fourth-order valence-electron chi connectivity index (χ4n) is 1.66. The van der Waals surface area contributed by atoms with Crippen molar-refractivity contribution in [1.82, 2.24) is 0 Å². The molecule has 4 nitrogen and oxygen atoms in total. The van der Waals surface area contributed by atoms with Crippen LogP contribution >= 0.6 is 0 Å². The number of amides is 1. The number of aliphatic hydroxyl groups is 1. The summed E-state index contributed by atoms with van der Waals surface area (Å²) in [5.74, 6) is 5.30. The summed E-state index contributed by atoms with van der Waals surface area (Å²) in [7, 11) is 0. The molecule has 0 saturated heterocycles. The van der Waals surface area contributed by atoms with E-state index in [1.165, 1.54) is 0 Å². The topological polar surface area (TPSA) is 58.6 Å². The largest absolute Gasteiger partial charge is 0.384 e. The molecule has 2 N–H and O–H groups in total. The number of carbonyl (C=O) groups excluding carboxylic acids is 1. The first-order chi connectivity index (χ1) is 9.56. The molecule has 0 atom stereocenters. The third-order valence-corrected chi connectivity index (χ3v) is 2.62. The maximum atomic E-state index is 11.7. The second-order valence-corrected chi connectivity index (χ2v) is 4.59. The Balaban J connectivity index is 2.77. The number of benzene rings is 1. The first-order valence-electron chi connectivity index (χ1n) is 6.71. The molecule has 20 heavy (non-hydrogen) atoms. The molecule has 0 aliphatic carbocycles. The SMILES string of the molecule is CCc1cc(C#CCO)ccc1NC(=O)COC(C)C. The number of rotatable bonds is 5. The smallest absolute Gasteiger partial charge is 0.250 e. The number of carbonyl (C=O) groups is 1. The van der Waals surface area contributed by atoms with Crippen molar-refractivity contribution in [1.29, 1.82) is 0 Å². The zero-order valence-electron chi connectivity index (χ0n) is 12.2. The van der Waals surface area contributed by atoms with E-state index in [1.54, 1.807) is 0 Å². The van der Waals surface area contributed by atoms with Crippen molar-refractivity contribution in [2.75, 3.05) is 18.5 Å². The summed E-state index contributed by atoms with van der Waals surface area (Å²) in [5, 5.41) is 11.5. The van der Waals surface area contributed by atoms with Gasteiger partial charge in [-0.3, -0.25) is 4.79 Å². The van der Waals surface area contributed by atoms with E-state index in [4.69, 9.17) is 9.84 Å². The predicted molar refractivity (Wildman–Crippen MR) is 79.5 cm³/mol. The zero-order chi connectivity index (χ0) is 15.0. The summed E-state index contributed by atoms with van der Waals surface area (Å²) >= 11 is 0. The molecule has 0 heterocycles. The number of hydrogen-bond donors (Lipinski definition) is 2. The molecule has 0 aliphatic heterocycles. The van der Waals surface area contributed by atoms with Gasteiger partial charge in [-0.15, -0.1) is 0 Å². The van der Waals surface area contributed by atoms with Gasteiger partial charge in [0.05, 0.1) is 6.10 Å². The Hall–Kier alpha value is -1.83. The lowest BCUT2D eigenvalue weighted by Crippen LogP contribution is -2.21. The van der Waals surface area contributed by atoms with Crippen molar-refractivity contribution >= 4 is 11.6 Å². The molecule has 0 fully saturated rings. The number of anilines is 1. The molecule has 1 aromatic carbocycles. The Morgan fingerprint density at radius 1 is 1.45 bits per heavy atom. The minimum Gasteiger partial charge on any atom is -0.384 e. The summed E-state index contributed by atoms with van der Waals surface area (Å²) < 4.78 is 5.26. The van der Waals surface area contributed by atoms with Gasteiger partial charge in [0.1, 0.15) is 13.2 Å². The minimum atomic E-state index is -0.164. The molecule has 4 heteroatoms. The van der Waals surface area contributed by atoms with Crippen LogP contribution in [0.4, 0.5) is 5.69 Å². The highest BCUT2D eigenvalue weighted by molar-refractivity contribution is 5.92. The van der Waals surface area contributed by atoms with Crippen molar-refractivity contribution in [3.05, 3.63) is 29.3 Å². The van der Waals surface area contributed by atoms with Crippen LogP contribution in [0.5, 0.6) is 0 Å². The lowest BCUT2D eigenvalue weighted by atomic mass is 10.1. The molecule has 0 aliphatic rings. The van der Waals surface area contributed by atoms with Crippen molar-refractivity contribution in [3.8, 4) is 11.8 Å². The normalized spacial score (nSPS) is 10.1. The van der Waals surface area contributed by atoms with Gasteiger partial charge in [-0.2, -0.15) is 0 Å². The van der Waals surface area contributed by atoms with Crippen LogP contribution in [-0.4, -0.2) is 30.3 Å². The van der Waals surface area contributed by atoms with E-state index in [2.05, 4.69) is 17.2 Å². The van der Waals surface area contributed by atoms with E-state index in [0.717, 1.165) is 23.2 Å². The fourth-order valence-corrected chi connectivity index (χ4v) is 1.66. The molecule has 1 rings (SSSR count). The lowest BCUT2D eigenvalue weighted by Gasteiger charge is -2.12. The van der Waals surface area contributed by atoms with E-state index < -0.39 is 0 Å². The molecular formula is C16H21NO3. The van der Waals surface area contributed by atoms with Crippen LogP contribution in [0.1, 0.15) is 31.9 Å². The van der Waals surface area contributed by atoms with Gasteiger partial charge >= 0.3 is 0 Å². The molecule has 0 spiro atoms. The average molecular weight is 275 g/mol. The number of aliphatic hydroxyl groups excluding tert-OH is 1. The minimum absolute atomic E-state index is 0.0301. The highest BCUT2D eigenvalue weighted by atomic mass is 16.5. The fraction of sp³-hybridized carbons (Fsp3) is 0.438. The van der Waals surface area contributed by atoms with Gasteiger partial charge in [0, 0.05) is 11.3 Å². The number of aryl methyl sites for hydroxylation is 1. The summed E-state index contributed by atoms with van der Waals surface area (Å²) in [6.45, 7) is 5.68. The second-order valence-electron chi connectivity index (χ2n) is 4.59. The van der Waals surface area contributed by atoms with Crippen molar-refractivity contribution in [2.45, 2.75) is 33.3 Å². The predicted octanol–water partition coefficient (Wildman–Crippen LogP) is 1.96. The van der Waals surface area contributed by atoms with Gasteiger partial charge in [0.2, 0.25) is 5.91 Å². The van der Waals surface area contributed by atoms with E-state index in [1.807, 2.05) is 39.0 Å². The summed E-state index contributed by atoms with van der Waals surface area (Å²) in [5.41, 5.74) is 2.61. The van der Waals surface area contributed by atoms with Gasteiger partial charge in [-0.05, 0) is 44.0 Å². The summed E-state index contributed by atoms with van der Waals surface area (Å²) in [6, 6.07) is 5.57. The van der Waals surface area contributed by atoms with Crippen LogP contribution < -0.4 is 5.32 Å². The molecule has 0 aromatic heterocycles. The van der Waals surface area contributed by atoms with Crippen molar-refractivity contribution in [2.24, 2.45) is 0 Å². The molecule has 1 aromatic rings. The van der Waals surface area contributed by atoms with Gasteiger partial charge in [-0.1, -0.05) is 18.8 Å². The molecule has 0 bridgehead atoms. The van der Waals surface area contributed by atoms with Crippen molar-refractivity contribution in [3.63, 3.8) is 0 Å². The van der Waals surface area contributed by atoms with Crippen LogP contribution in [-0.2, 0) is 16.0 Å². The molecule has 108 valence electrons. The quantitative estimate of drug-likeness (QED) is 0.808. The molecular weight excluding hydrogens is 254 g/mol. The Morgan fingerprint density at radius 3 is 2.80 bits per heavy atom. The maximum absolute atomic E-state index is 11.7. The molecule has 0 unspecified atom stereocenters. The third-order valence-electron chi connectivity index (χ3n) is 2.62. The molecule has 0 saturated carbocycles. The summed E-state index contributed by atoms with van der Waals surface area (Å²) in [4.78, 5) is 11.7. The monoisotopic (exact) mass is 275 g/mol. The Kier molecular flexibility index (Phi) is 6.78. The van der Waals surface area contributed by atoms with Crippen molar-refractivity contribution < 1.29 is 14.6 Å². The van der Waals surface area contributed by atoms with Gasteiger partial charge < -0.3 is 15.2 Å². The standard InChI is InChI=1S/C16H21NO3/c1-4-14-10-13(6-5-9-18)7-8-15(14)17-16(19)11-20-12(2)3/h7-8,10,12,18H,4,9,11H2,1-3H3,(H,17,19). The highest BCUT2D eigenvalue weighted by Crippen LogP contribution is 2.18. The van der Waals surface area contributed by atoms with Crippen LogP contribution in [0, 0.1) is 11.8 Å². The Morgan fingerprint density at radius 2 is 2.20 bits per heavy atom. The number of nitrogens with one attached hydrogen (secondary N) is 1.